The van der Waals surface area contributed by atoms with Gasteiger partial charge in [-0.25, -0.2) is 0 Å². The third-order valence-electron chi connectivity index (χ3n) is 2.98. The highest BCUT2D eigenvalue weighted by Crippen LogP contribution is 2.24. The molecule has 2 aromatic rings. The summed E-state index contributed by atoms with van der Waals surface area (Å²) in [4.78, 5) is 12.0. The van der Waals surface area contributed by atoms with Gasteiger partial charge in [0.25, 0.3) is 0 Å². The van der Waals surface area contributed by atoms with Crippen molar-refractivity contribution in [3.63, 3.8) is 0 Å². The Kier molecular flexibility index (Phi) is 3.85. The summed E-state index contributed by atoms with van der Waals surface area (Å²) in [6.07, 6.45) is 0.355. The van der Waals surface area contributed by atoms with Crippen molar-refractivity contribution in [1.29, 1.82) is 0 Å². The van der Waals surface area contributed by atoms with Crippen molar-refractivity contribution in [2.24, 2.45) is 0 Å². The number of hydrogen-bond acceptors (Lipinski definition) is 2. The third kappa shape index (κ3) is 3.35. The van der Waals surface area contributed by atoms with Gasteiger partial charge < -0.3 is 11.1 Å². The molecule has 3 nitrogen and oxygen atoms in total. The molecule has 0 heterocycles. The molecule has 0 saturated heterocycles. The van der Waals surface area contributed by atoms with Crippen molar-refractivity contribution in [2.75, 3.05) is 11.1 Å². The fourth-order valence-electron chi connectivity index (χ4n) is 2.14. The third-order valence-corrected chi connectivity index (χ3v) is 2.98. The van der Waals surface area contributed by atoms with E-state index in [1.807, 2.05) is 56.3 Å². The number of hydrogen-bond donors (Lipinski definition) is 2. The first-order valence-electron chi connectivity index (χ1n) is 6.27. The van der Waals surface area contributed by atoms with Crippen molar-refractivity contribution >= 4 is 17.3 Å². The van der Waals surface area contributed by atoms with E-state index in [9.17, 15) is 4.79 Å². The molecule has 0 spiro atoms. The summed E-state index contributed by atoms with van der Waals surface area (Å²) in [7, 11) is 0. The molecule has 0 radical (unpaired) electrons. The first-order chi connectivity index (χ1) is 9.06. The van der Waals surface area contributed by atoms with E-state index < -0.39 is 0 Å². The summed E-state index contributed by atoms with van der Waals surface area (Å²) in [5, 5.41) is 2.89. The van der Waals surface area contributed by atoms with Gasteiger partial charge in [-0.1, -0.05) is 36.4 Å². The maximum absolute atomic E-state index is 12.0. The van der Waals surface area contributed by atoms with Crippen molar-refractivity contribution in [3.8, 4) is 0 Å². The molecule has 2 rings (SSSR count). The van der Waals surface area contributed by atoms with E-state index in [1.54, 1.807) is 0 Å². The van der Waals surface area contributed by atoms with Crippen LogP contribution in [0.4, 0.5) is 11.4 Å². The first-order valence-corrected chi connectivity index (χ1v) is 6.27. The first kappa shape index (κ1) is 13.1. The number of carbonyl (C=O) groups excluding carboxylic acids is 1. The van der Waals surface area contributed by atoms with E-state index >= 15 is 0 Å². The van der Waals surface area contributed by atoms with Crippen LogP contribution in [0.3, 0.4) is 0 Å². The summed E-state index contributed by atoms with van der Waals surface area (Å²) in [5.41, 5.74) is 10.3. The monoisotopic (exact) mass is 254 g/mol. The second-order valence-corrected chi connectivity index (χ2v) is 4.76. The van der Waals surface area contributed by atoms with Crippen LogP contribution in [0.2, 0.25) is 0 Å². The highest BCUT2D eigenvalue weighted by Gasteiger charge is 2.09. The Morgan fingerprint density at radius 1 is 1.16 bits per heavy atom. The topological polar surface area (TPSA) is 55.1 Å². The van der Waals surface area contributed by atoms with Gasteiger partial charge in [0.1, 0.15) is 0 Å². The lowest BCUT2D eigenvalue weighted by molar-refractivity contribution is -0.115. The number of anilines is 2. The fourth-order valence-corrected chi connectivity index (χ4v) is 2.14. The smallest absolute Gasteiger partial charge is 0.228 e. The number of nitrogens with two attached hydrogens (primary N) is 1. The van der Waals surface area contributed by atoms with E-state index in [0.717, 1.165) is 16.7 Å². The summed E-state index contributed by atoms with van der Waals surface area (Å²) in [5.74, 6) is -0.0511. The molecular formula is C16H18N2O. The van der Waals surface area contributed by atoms with Crippen LogP contribution in [0.25, 0.3) is 0 Å². The molecule has 19 heavy (non-hydrogen) atoms. The zero-order valence-corrected chi connectivity index (χ0v) is 11.2. The van der Waals surface area contributed by atoms with Crippen LogP contribution in [0.5, 0.6) is 0 Å². The molecule has 3 N–H and O–H groups in total. The number of nitrogen functional groups attached to an aromatic ring is 1. The molecular weight excluding hydrogens is 236 g/mol. The van der Waals surface area contributed by atoms with E-state index in [1.165, 1.54) is 0 Å². The number of aryl methyl sites for hydroxylation is 2. The van der Waals surface area contributed by atoms with E-state index in [0.29, 0.717) is 17.8 Å². The quantitative estimate of drug-likeness (QED) is 0.827. The standard InChI is InChI=1S/C16H18N2O/c1-11-8-12(2)16(14(17)9-11)18-15(19)10-13-6-4-3-5-7-13/h3-9H,10,17H2,1-2H3,(H,18,19). The Balaban J connectivity index is 2.12. The van der Waals surface area contributed by atoms with E-state index in [-0.39, 0.29) is 5.91 Å². The van der Waals surface area contributed by atoms with Crippen LogP contribution in [0, 0.1) is 13.8 Å². The number of amides is 1. The Hall–Kier alpha value is -2.29. The predicted octanol–water partition coefficient (Wildman–Crippen LogP) is 3.07. The molecule has 0 saturated carbocycles. The molecule has 0 aromatic heterocycles. The minimum atomic E-state index is -0.0511. The lowest BCUT2D eigenvalue weighted by atomic mass is 10.1. The molecule has 0 fully saturated rings. The molecule has 2 aromatic carbocycles. The average Bonchev–Trinajstić information content (AvgIpc) is 2.35. The Bertz CT molecular complexity index is 568. The van der Waals surface area contributed by atoms with Gasteiger partial charge in [-0.15, -0.1) is 0 Å². The highest BCUT2D eigenvalue weighted by atomic mass is 16.1. The van der Waals surface area contributed by atoms with Gasteiger partial charge in [0, 0.05) is 0 Å². The molecule has 0 aliphatic rings. The predicted molar refractivity (Wildman–Crippen MR) is 79.1 cm³/mol. The van der Waals surface area contributed by atoms with Crippen molar-refractivity contribution in [3.05, 3.63) is 59.2 Å². The number of benzene rings is 2. The van der Waals surface area contributed by atoms with Crippen molar-refractivity contribution in [1.82, 2.24) is 0 Å². The van der Waals surface area contributed by atoms with E-state index in [2.05, 4.69) is 5.32 Å². The average molecular weight is 254 g/mol. The van der Waals surface area contributed by atoms with Gasteiger partial charge in [0.05, 0.1) is 17.8 Å². The normalized spacial score (nSPS) is 10.2. The maximum Gasteiger partial charge on any atom is 0.228 e. The van der Waals surface area contributed by atoms with Crippen LogP contribution in [-0.2, 0) is 11.2 Å². The lowest BCUT2D eigenvalue weighted by Crippen LogP contribution is -2.16. The lowest BCUT2D eigenvalue weighted by Gasteiger charge is -2.12. The maximum atomic E-state index is 12.0. The summed E-state index contributed by atoms with van der Waals surface area (Å²) >= 11 is 0. The Morgan fingerprint density at radius 2 is 1.84 bits per heavy atom. The SMILES string of the molecule is Cc1cc(C)c(NC(=O)Cc2ccccc2)c(N)c1. The second kappa shape index (κ2) is 5.57. The molecule has 0 bridgehead atoms. The van der Waals surface area contributed by atoms with Gasteiger partial charge in [-0.2, -0.15) is 0 Å². The zero-order chi connectivity index (χ0) is 13.8. The molecule has 0 unspecified atom stereocenters. The van der Waals surface area contributed by atoms with Gasteiger partial charge in [-0.05, 0) is 36.6 Å². The zero-order valence-electron chi connectivity index (χ0n) is 11.2. The molecule has 98 valence electrons. The molecule has 1 amide bonds. The fraction of sp³-hybridized carbons (Fsp3) is 0.188. The summed E-state index contributed by atoms with van der Waals surface area (Å²) in [6.45, 7) is 3.93. The van der Waals surface area contributed by atoms with Gasteiger partial charge in [0.15, 0.2) is 0 Å². The second-order valence-electron chi connectivity index (χ2n) is 4.76. The van der Waals surface area contributed by atoms with Crippen LogP contribution in [0.15, 0.2) is 42.5 Å². The summed E-state index contributed by atoms with van der Waals surface area (Å²) in [6, 6.07) is 13.5. The van der Waals surface area contributed by atoms with Crippen LogP contribution < -0.4 is 11.1 Å². The Morgan fingerprint density at radius 3 is 2.47 bits per heavy atom. The van der Waals surface area contributed by atoms with Crippen LogP contribution >= 0.6 is 0 Å². The summed E-state index contributed by atoms with van der Waals surface area (Å²) < 4.78 is 0. The minimum absolute atomic E-state index is 0.0511. The van der Waals surface area contributed by atoms with Gasteiger partial charge >= 0.3 is 0 Å². The number of rotatable bonds is 3. The molecule has 0 aliphatic carbocycles. The van der Waals surface area contributed by atoms with Crippen molar-refractivity contribution < 1.29 is 4.79 Å². The number of carbonyl (C=O) groups is 1. The minimum Gasteiger partial charge on any atom is -0.397 e. The molecule has 0 aliphatic heterocycles. The van der Waals surface area contributed by atoms with Gasteiger partial charge in [-0.3, -0.25) is 4.79 Å². The number of nitrogens with one attached hydrogen (secondary N) is 1. The Labute approximate surface area is 113 Å². The molecule has 0 atom stereocenters. The van der Waals surface area contributed by atoms with Crippen LogP contribution in [-0.4, -0.2) is 5.91 Å². The van der Waals surface area contributed by atoms with E-state index in [4.69, 9.17) is 5.73 Å². The van der Waals surface area contributed by atoms with Gasteiger partial charge in [0.2, 0.25) is 5.91 Å². The highest BCUT2D eigenvalue weighted by molar-refractivity contribution is 5.96. The van der Waals surface area contributed by atoms with Crippen molar-refractivity contribution in [2.45, 2.75) is 20.3 Å². The largest absolute Gasteiger partial charge is 0.397 e. The van der Waals surface area contributed by atoms with Crippen LogP contribution in [0.1, 0.15) is 16.7 Å². The molecule has 3 heteroatoms.